The molecule has 0 atom stereocenters. The van der Waals surface area contributed by atoms with Crippen LogP contribution in [0.2, 0.25) is 0 Å². The second-order valence-electron chi connectivity index (χ2n) is 13.2. The fraction of sp³-hybridized carbons (Fsp3) is 0.600. The van der Waals surface area contributed by atoms with Gasteiger partial charge < -0.3 is 9.59 Å². The minimum Gasteiger partial charge on any atom is -0.310 e. The van der Waals surface area contributed by atoms with Gasteiger partial charge in [0.2, 0.25) is 0 Å². The van der Waals surface area contributed by atoms with Crippen LogP contribution in [0.25, 0.3) is 0 Å². The summed E-state index contributed by atoms with van der Waals surface area (Å²) in [6, 6.07) is 12.4. The second-order valence-corrected chi connectivity index (χ2v) is 20.9. The summed E-state index contributed by atoms with van der Waals surface area (Å²) in [6.45, 7) is 30.8. The van der Waals surface area contributed by atoms with Crippen molar-refractivity contribution in [2.24, 2.45) is 0 Å². The summed E-state index contributed by atoms with van der Waals surface area (Å²) in [6.07, 6.45) is 0. The summed E-state index contributed by atoms with van der Waals surface area (Å²) in [5.41, 5.74) is 1.70. The largest absolute Gasteiger partial charge is 2.00 e. The van der Waals surface area contributed by atoms with Gasteiger partial charge in [-0.25, -0.2) is 12.1 Å². The number of carbonyl (C=O) groups is 2. The van der Waals surface area contributed by atoms with E-state index < -0.39 is 0 Å². The molecule has 0 amide bonds. The Morgan fingerprint density at radius 1 is 0.571 bits per heavy atom. The van der Waals surface area contributed by atoms with Crippen LogP contribution in [0, 0.1) is 0 Å². The van der Waals surface area contributed by atoms with E-state index in [0.717, 1.165) is 11.1 Å². The van der Waals surface area contributed by atoms with Crippen molar-refractivity contribution in [1.82, 2.24) is 0 Å². The molecular formula is C30H48FeO2P2. The SMILES string of the molecule is CC(=O)c1cc[c-](P(C(C)(C)C)C(C)(C)C)c1.CC(=O)c1cc[c-](P(C(C)(C)C)C(C)(C)C)c1.[Fe+2]. The Bertz CT molecular complexity index is 861. The third-order valence-electron chi connectivity index (χ3n) is 5.49. The first-order valence-electron chi connectivity index (χ1n) is 12.2. The molecule has 2 nitrogen and oxygen atoms in total. The standard InChI is InChI=1S/2C15H24OP.Fe/c2*1-11(16)12-8-9-13(10-12)17(14(2,3)4)15(5,6)7;/h2*8-10H,1-7H3;/q2*-1;+2. The third-order valence-corrected chi connectivity index (χ3v) is 12.4. The Labute approximate surface area is 229 Å². The van der Waals surface area contributed by atoms with Crippen LogP contribution >= 0.6 is 15.8 Å². The van der Waals surface area contributed by atoms with Gasteiger partial charge in [0, 0.05) is 0 Å². The predicted molar refractivity (Wildman–Crippen MR) is 156 cm³/mol. The zero-order chi connectivity index (χ0) is 26.9. The Kier molecular flexibility index (Phi) is 12.1. The van der Waals surface area contributed by atoms with Gasteiger partial charge in [-0.3, -0.25) is 0 Å². The van der Waals surface area contributed by atoms with E-state index in [0.29, 0.717) is 0 Å². The maximum atomic E-state index is 11.4. The summed E-state index contributed by atoms with van der Waals surface area (Å²) >= 11 is 0. The van der Waals surface area contributed by atoms with E-state index in [-0.39, 0.29) is 65.1 Å². The van der Waals surface area contributed by atoms with Gasteiger partial charge in [-0.1, -0.05) is 83.1 Å². The monoisotopic (exact) mass is 558 g/mol. The van der Waals surface area contributed by atoms with Crippen molar-refractivity contribution in [1.29, 1.82) is 0 Å². The molecule has 0 N–H and O–H groups in total. The van der Waals surface area contributed by atoms with Crippen LogP contribution in [-0.4, -0.2) is 32.2 Å². The van der Waals surface area contributed by atoms with Crippen molar-refractivity contribution >= 4 is 38.0 Å². The average Bonchev–Trinajstić information content (AvgIpc) is 3.19. The van der Waals surface area contributed by atoms with Gasteiger partial charge in [0.05, 0.1) is 11.6 Å². The number of ketones is 2. The third kappa shape index (κ3) is 10.0. The van der Waals surface area contributed by atoms with Gasteiger partial charge >= 0.3 is 17.1 Å². The van der Waals surface area contributed by atoms with Crippen molar-refractivity contribution < 1.29 is 26.7 Å². The summed E-state index contributed by atoms with van der Waals surface area (Å²) in [5.74, 6) is 0.322. The Morgan fingerprint density at radius 2 is 0.800 bits per heavy atom. The first-order valence-corrected chi connectivity index (χ1v) is 14.9. The molecule has 0 aromatic heterocycles. The van der Waals surface area contributed by atoms with Gasteiger partial charge in [0.25, 0.3) is 0 Å². The second kappa shape index (κ2) is 12.3. The summed E-state index contributed by atoms with van der Waals surface area (Å²) < 4.78 is 0. The van der Waals surface area contributed by atoms with E-state index in [1.807, 2.05) is 12.1 Å². The molecule has 2 aromatic rings. The van der Waals surface area contributed by atoms with E-state index in [4.69, 9.17) is 0 Å². The van der Waals surface area contributed by atoms with Crippen LogP contribution in [0.4, 0.5) is 0 Å². The van der Waals surface area contributed by atoms with Gasteiger partial charge in [0.1, 0.15) is 0 Å². The number of rotatable bonds is 4. The van der Waals surface area contributed by atoms with Gasteiger partial charge in [0.15, 0.2) is 0 Å². The molecule has 0 aliphatic heterocycles. The Balaban J connectivity index is 0.000000642. The van der Waals surface area contributed by atoms with Crippen LogP contribution in [-0.2, 0) is 17.1 Å². The summed E-state index contributed by atoms with van der Waals surface area (Å²) in [7, 11) is -0.588. The zero-order valence-corrected chi connectivity index (χ0v) is 27.4. The average molecular weight is 559 g/mol. The van der Waals surface area contributed by atoms with E-state index >= 15 is 0 Å². The molecule has 0 aliphatic carbocycles. The van der Waals surface area contributed by atoms with E-state index in [2.05, 4.69) is 107 Å². The van der Waals surface area contributed by atoms with Crippen LogP contribution in [0.15, 0.2) is 36.4 Å². The Hall–Kier alpha value is -0.581. The zero-order valence-electron chi connectivity index (χ0n) is 24.5. The van der Waals surface area contributed by atoms with Crippen LogP contribution in [0.3, 0.4) is 0 Å². The molecule has 0 saturated carbocycles. The van der Waals surface area contributed by atoms with Gasteiger partial charge in [-0.15, -0.1) is 37.6 Å². The predicted octanol–water partition coefficient (Wildman–Crippen LogP) is 8.62. The fourth-order valence-corrected chi connectivity index (χ4v) is 13.2. The molecule has 2 aromatic carbocycles. The van der Waals surface area contributed by atoms with Crippen molar-refractivity contribution in [2.45, 2.75) is 118 Å². The maximum Gasteiger partial charge on any atom is 2.00 e. The normalized spacial score (nSPS) is 12.8. The molecule has 0 spiro atoms. The van der Waals surface area contributed by atoms with Crippen LogP contribution < -0.4 is 10.6 Å². The van der Waals surface area contributed by atoms with Crippen LogP contribution in [0.1, 0.15) is 118 Å². The minimum absolute atomic E-state index is 0. The molecule has 198 valence electrons. The molecule has 0 bridgehead atoms. The minimum atomic E-state index is -0.294. The molecule has 0 fully saturated rings. The molecule has 35 heavy (non-hydrogen) atoms. The smallest absolute Gasteiger partial charge is 0.310 e. The number of carbonyl (C=O) groups excluding carboxylic acids is 2. The van der Waals surface area contributed by atoms with E-state index in [1.54, 1.807) is 13.8 Å². The first-order chi connectivity index (χ1) is 15.1. The van der Waals surface area contributed by atoms with Gasteiger partial charge in [-0.2, -0.15) is 24.3 Å². The molecule has 0 saturated heterocycles. The molecular weight excluding hydrogens is 510 g/mol. The molecule has 0 aliphatic rings. The van der Waals surface area contributed by atoms with E-state index in [1.165, 1.54) is 10.6 Å². The quantitative estimate of drug-likeness (QED) is 0.163. The molecule has 0 radical (unpaired) electrons. The number of hydrogen-bond acceptors (Lipinski definition) is 2. The van der Waals surface area contributed by atoms with Crippen molar-refractivity contribution in [3.63, 3.8) is 0 Å². The number of hydrogen-bond donors (Lipinski definition) is 0. The number of Topliss-reactive ketones (excluding diaryl/α,β-unsaturated/α-hetero) is 2. The maximum absolute atomic E-state index is 11.4. The van der Waals surface area contributed by atoms with Crippen LogP contribution in [0.5, 0.6) is 0 Å². The van der Waals surface area contributed by atoms with Crippen molar-refractivity contribution in [3.8, 4) is 0 Å². The topological polar surface area (TPSA) is 34.1 Å². The molecule has 0 heterocycles. The van der Waals surface area contributed by atoms with Gasteiger partial charge in [-0.05, 0) is 34.5 Å². The van der Waals surface area contributed by atoms with E-state index in [9.17, 15) is 9.59 Å². The molecule has 0 unspecified atom stereocenters. The van der Waals surface area contributed by atoms with Crippen molar-refractivity contribution in [2.75, 3.05) is 0 Å². The summed E-state index contributed by atoms with van der Waals surface area (Å²) in [5, 5.41) is 3.74. The molecule has 2 rings (SSSR count). The molecule has 5 heteroatoms. The summed E-state index contributed by atoms with van der Waals surface area (Å²) in [4.78, 5) is 22.8. The Morgan fingerprint density at radius 3 is 0.943 bits per heavy atom. The van der Waals surface area contributed by atoms with Crippen molar-refractivity contribution in [3.05, 3.63) is 47.5 Å². The first kappa shape index (κ1) is 34.4. The fourth-order valence-electron chi connectivity index (χ4n) is 5.14.